The van der Waals surface area contributed by atoms with E-state index in [1.807, 2.05) is 18.2 Å². The Kier molecular flexibility index (Phi) is 4.58. The van der Waals surface area contributed by atoms with Crippen molar-refractivity contribution in [1.29, 1.82) is 0 Å². The highest BCUT2D eigenvalue weighted by molar-refractivity contribution is 6.25. The molecular formula is C29H22N2O2. The molecule has 6 rings (SSSR count). The molecule has 0 atom stereocenters. The van der Waals surface area contributed by atoms with Crippen molar-refractivity contribution in [3.05, 3.63) is 84.9 Å². The summed E-state index contributed by atoms with van der Waals surface area (Å²) in [4.78, 5) is 9.47. The predicted octanol–water partition coefficient (Wildman–Crippen LogP) is 7.20. The Morgan fingerprint density at radius 2 is 1.45 bits per heavy atom. The van der Waals surface area contributed by atoms with E-state index < -0.39 is 0 Å². The molecule has 33 heavy (non-hydrogen) atoms. The fraction of sp³-hybridized carbons (Fsp3) is 0.103. The van der Waals surface area contributed by atoms with E-state index in [0.29, 0.717) is 23.9 Å². The smallest absolute Gasteiger partial charge is 0.217 e. The summed E-state index contributed by atoms with van der Waals surface area (Å²) in [6.07, 6.45) is 0.879. The first kappa shape index (κ1) is 19.5. The third-order valence-electron chi connectivity index (χ3n) is 6.11. The van der Waals surface area contributed by atoms with E-state index in [1.54, 1.807) is 12.1 Å². The van der Waals surface area contributed by atoms with E-state index in [2.05, 4.69) is 66.5 Å². The summed E-state index contributed by atoms with van der Waals surface area (Å²) in [5.41, 5.74) is 2.37. The Morgan fingerprint density at radius 3 is 2.24 bits per heavy atom. The van der Waals surface area contributed by atoms with Gasteiger partial charge in [-0.05, 0) is 50.9 Å². The standard InChI is InChI=1S/C29H22N2O2/c1-2-16-33-26-17-24(30-29(31-26)23-8-3-4-9-25(23)32)21-14-12-20-11-10-18-6-5-7-19-13-15-22(21)28(20)27(18)19/h3-15,17,32H,2,16H2,1H3. The van der Waals surface area contributed by atoms with Crippen LogP contribution in [0.15, 0.2) is 84.9 Å². The fourth-order valence-corrected chi connectivity index (χ4v) is 4.59. The van der Waals surface area contributed by atoms with Gasteiger partial charge in [0.2, 0.25) is 5.88 Å². The SMILES string of the molecule is CCCOc1cc(-c2ccc3ccc4cccc5ccc2c3c45)nc(-c2ccccc2O)n1. The zero-order valence-electron chi connectivity index (χ0n) is 18.2. The molecule has 0 unspecified atom stereocenters. The highest BCUT2D eigenvalue weighted by Gasteiger charge is 2.16. The molecule has 0 spiro atoms. The number of aromatic nitrogens is 2. The van der Waals surface area contributed by atoms with Gasteiger partial charge in [0.05, 0.1) is 17.9 Å². The number of aromatic hydroxyl groups is 1. The van der Waals surface area contributed by atoms with Crippen LogP contribution in [0, 0.1) is 0 Å². The average Bonchev–Trinajstić information content (AvgIpc) is 2.86. The third-order valence-corrected chi connectivity index (χ3v) is 6.11. The largest absolute Gasteiger partial charge is 0.507 e. The van der Waals surface area contributed by atoms with Crippen molar-refractivity contribution in [1.82, 2.24) is 9.97 Å². The van der Waals surface area contributed by atoms with Crippen LogP contribution in [0.2, 0.25) is 0 Å². The van der Waals surface area contributed by atoms with Crippen molar-refractivity contribution in [3.8, 4) is 34.3 Å². The van der Waals surface area contributed by atoms with Gasteiger partial charge in [-0.15, -0.1) is 0 Å². The molecule has 0 radical (unpaired) electrons. The number of benzene rings is 5. The molecular weight excluding hydrogens is 408 g/mol. The van der Waals surface area contributed by atoms with E-state index in [0.717, 1.165) is 23.1 Å². The highest BCUT2D eigenvalue weighted by atomic mass is 16.5. The number of hydrogen-bond donors (Lipinski definition) is 1. The van der Waals surface area contributed by atoms with E-state index in [1.165, 1.54) is 26.9 Å². The maximum atomic E-state index is 10.4. The summed E-state index contributed by atoms with van der Waals surface area (Å²) in [7, 11) is 0. The number of rotatable bonds is 5. The summed E-state index contributed by atoms with van der Waals surface area (Å²) in [6.45, 7) is 2.63. The van der Waals surface area contributed by atoms with Crippen molar-refractivity contribution < 1.29 is 9.84 Å². The van der Waals surface area contributed by atoms with Crippen molar-refractivity contribution in [2.24, 2.45) is 0 Å². The van der Waals surface area contributed by atoms with Gasteiger partial charge in [-0.1, -0.05) is 73.7 Å². The number of hydrogen-bond acceptors (Lipinski definition) is 4. The second-order valence-electron chi connectivity index (χ2n) is 8.25. The molecule has 5 aromatic carbocycles. The van der Waals surface area contributed by atoms with Crippen LogP contribution in [0.3, 0.4) is 0 Å². The summed E-state index contributed by atoms with van der Waals surface area (Å²) in [5.74, 6) is 1.10. The monoisotopic (exact) mass is 430 g/mol. The lowest BCUT2D eigenvalue weighted by Crippen LogP contribution is -2.01. The Hall–Kier alpha value is -4.18. The molecule has 1 N–H and O–H groups in total. The van der Waals surface area contributed by atoms with Gasteiger partial charge >= 0.3 is 0 Å². The van der Waals surface area contributed by atoms with E-state index in [4.69, 9.17) is 9.72 Å². The Bertz CT molecular complexity index is 1610. The lowest BCUT2D eigenvalue weighted by molar-refractivity contribution is 0.305. The zero-order valence-corrected chi connectivity index (χ0v) is 18.2. The van der Waals surface area contributed by atoms with Crippen LogP contribution in [0.5, 0.6) is 11.6 Å². The lowest BCUT2D eigenvalue weighted by atomic mass is 9.91. The van der Waals surface area contributed by atoms with Gasteiger partial charge in [-0.2, -0.15) is 4.98 Å². The summed E-state index contributed by atoms with van der Waals surface area (Å²) >= 11 is 0. The van der Waals surface area contributed by atoms with E-state index >= 15 is 0 Å². The van der Waals surface area contributed by atoms with Crippen LogP contribution in [0.25, 0.3) is 55.0 Å². The molecule has 1 heterocycles. The van der Waals surface area contributed by atoms with Gasteiger partial charge in [0.25, 0.3) is 0 Å². The first-order valence-electron chi connectivity index (χ1n) is 11.2. The first-order valence-corrected chi connectivity index (χ1v) is 11.2. The molecule has 1 aromatic heterocycles. The number of nitrogens with zero attached hydrogens (tertiary/aromatic N) is 2. The van der Waals surface area contributed by atoms with Gasteiger partial charge in [0.15, 0.2) is 5.82 Å². The molecule has 0 fully saturated rings. The van der Waals surface area contributed by atoms with Crippen LogP contribution in [0.4, 0.5) is 0 Å². The van der Waals surface area contributed by atoms with E-state index in [-0.39, 0.29) is 5.75 Å². The molecule has 0 amide bonds. The molecule has 6 aromatic rings. The Morgan fingerprint density at radius 1 is 0.727 bits per heavy atom. The minimum absolute atomic E-state index is 0.145. The number of phenolic OH excluding ortho intramolecular Hbond substituents is 1. The van der Waals surface area contributed by atoms with Crippen molar-refractivity contribution in [3.63, 3.8) is 0 Å². The number of ether oxygens (including phenoxy) is 1. The van der Waals surface area contributed by atoms with Gasteiger partial charge in [-0.3, -0.25) is 0 Å². The molecule has 0 aliphatic carbocycles. The molecule has 4 nitrogen and oxygen atoms in total. The molecule has 4 heteroatoms. The Labute approximate surface area is 191 Å². The molecule has 0 saturated heterocycles. The van der Waals surface area contributed by atoms with Gasteiger partial charge in [0, 0.05) is 11.6 Å². The van der Waals surface area contributed by atoms with Crippen LogP contribution >= 0.6 is 0 Å². The van der Waals surface area contributed by atoms with Crippen LogP contribution < -0.4 is 4.74 Å². The minimum Gasteiger partial charge on any atom is -0.507 e. The maximum absolute atomic E-state index is 10.4. The molecule has 0 aliphatic rings. The quantitative estimate of drug-likeness (QED) is 0.294. The normalized spacial score (nSPS) is 11.5. The van der Waals surface area contributed by atoms with Crippen LogP contribution in [0.1, 0.15) is 13.3 Å². The minimum atomic E-state index is 0.145. The van der Waals surface area contributed by atoms with Crippen molar-refractivity contribution >= 4 is 32.3 Å². The average molecular weight is 431 g/mol. The first-order chi connectivity index (χ1) is 16.2. The predicted molar refractivity (Wildman–Crippen MR) is 134 cm³/mol. The lowest BCUT2D eigenvalue weighted by Gasteiger charge is -2.15. The van der Waals surface area contributed by atoms with Crippen LogP contribution in [-0.2, 0) is 0 Å². The Balaban J connectivity index is 1.63. The third kappa shape index (κ3) is 3.23. The number of phenols is 1. The molecule has 160 valence electrons. The summed E-state index contributed by atoms with van der Waals surface area (Å²) in [6, 6.07) is 28.4. The summed E-state index contributed by atoms with van der Waals surface area (Å²) < 4.78 is 5.91. The van der Waals surface area contributed by atoms with E-state index in [9.17, 15) is 5.11 Å². The molecule has 0 bridgehead atoms. The second-order valence-corrected chi connectivity index (χ2v) is 8.25. The maximum Gasteiger partial charge on any atom is 0.217 e. The topological polar surface area (TPSA) is 55.2 Å². The van der Waals surface area contributed by atoms with Gasteiger partial charge in [-0.25, -0.2) is 4.98 Å². The summed E-state index contributed by atoms with van der Waals surface area (Å²) in [5, 5.41) is 17.7. The van der Waals surface area contributed by atoms with Crippen molar-refractivity contribution in [2.45, 2.75) is 13.3 Å². The second kappa shape index (κ2) is 7.75. The van der Waals surface area contributed by atoms with Crippen LogP contribution in [-0.4, -0.2) is 21.7 Å². The zero-order chi connectivity index (χ0) is 22.4. The molecule has 0 aliphatic heterocycles. The fourth-order valence-electron chi connectivity index (χ4n) is 4.59. The van der Waals surface area contributed by atoms with Crippen molar-refractivity contribution in [2.75, 3.05) is 6.61 Å². The van der Waals surface area contributed by atoms with Gasteiger partial charge in [0.1, 0.15) is 5.75 Å². The molecule has 0 saturated carbocycles. The number of para-hydroxylation sites is 1. The highest BCUT2D eigenvalue weighted by Crippen LogP contribution is 2.40. The van der Waals surface area contributed by atoms with Gasteiger partial charge < -0.3 is 9.84 Å².